The molecule has 6 aromatic carbocycles. The molecule has 1 atom stereocenters. The van der Waals surface area contributed by atoms with Gasteiger partial charge in [0, 0.05) is 16.9 Å². The SMILES string of the molecule is C1=CCC2=C(C(N(c3ccccc3)c3ccc(-c4ccccc4)cc3)=C1)c1cccc3c1C21c2ccccc2-c2cccc-3c21. The Hall–Kier alpha value is -5.66. The van der Waals surface area contributed by atoms with Crippen LogP contribution in [0.2, 0.25) is 0 Å². The van der Waals surface area contributed by atoms with Gasteiger partial charge >= 0.3 is 0 Å². The van der Waals surface area contributed by atoms with E-state index in [0.29, 0.717) is 0 Å². The lowest BCUT2D eigenvalue weighted by Gasteiger charge is -2.31. The summed E-state index contributed by atoms with van der Waals surface area (Å²) >= 11 is 0. The minimum Gasteiger partial charge on any atom is -0.310 e. The fourth-order valence-electron chi connectivity index (χ4n) is 8.65. The maximum absolute atomic E-state index is 2.46. The van der Waals surface area contributed by atoms with Crippen molar-refractivity contribution in [3.05, 3.63) is 197 Å². The van der Waals surface area contributed by atoms with E-state index in [0.717, 1.165) is 17.8 Å². The summed E-state index contributed by atoms with van der Waals surface area (Å²) in [5.41, 5.74) is 19.8. The zero-order chi connectivity index (χ0) is 29.5. The molecule has 0 N–H and O–H groups in total. The maximum atomic E-state index is 2.46. The van der Waals surface area contributed by atoms with Crippen molar-refractivity contribution in [3.8, 4) is 33.4 Å². The van der Waals surface area contributed by atoms with Crippen LogP contribution in [-0.4, -0.2) is 0 Å². The lowest BCUT2D eigenvalue weighted by molar-refractivity contribution is 0.767. The molecule has 0 heterocycles. The predicted octanol–water partition coefficient (Wildman–Crippen LogP) is 11.1. The Labute approximate surface area is 263 Å². The van der Waals surface area contributed by atoms with Gasteiger partial charge in [0.1, 0.15) is 0 Å². The first-order valence-corrected chi connectivity index (χ1v) is 15.8. The summed E-state index contributed by atoms with van der Waals surface area (Å²) in [5, 5.41) is 0. The average molecular weight is 572 g/mol. The summed E-state index contributed by atoms with van der Waals surface area (Å²) in [6, 6.07) is 53.6. The van der Waals surface area contributed by atoms with E-state index < -0.39 is 0 Å². The Morgan fingerprint density at radius 2 is 1.02 bits per heavy atom. The fourth-order valence-corrected chi connectivity index (χ4v) is 8.65. The van der Waals surface area contributed by atoms with E-state index in [2.05, 4.69) is 169 Å². The second kappa shape index (κ2) is 9.17. The van der Waals surface area contributed by atoms with Crippen molar-refractivity contribution in [3.63, 3.8) is 0 Å². The Kier molecular flexibility index (Phi) is 5.04. The van der Waals surface area contributed by atoms with Crippen LogP contribution in [0.25, 0.3) is 39.0 Å². The molecule has 1 unspecified atom stereocenters. The van der Waals surface area contributed by atoms with Gasteiger partial charge in [0.25, 0.3) is 0 Å². The molecule has 0 radical (unpaired) electrons. The number of hydrogen-bond donors (Lipinski definition) is 0. The molecule has 0 fully saturated rings. The van der Waals surface area contributed by atoms with Crippen molar-refractivity contribution >= 4 is 16.9 Å². The summed E-state index contributed by atoms with van der Waals surface area (Å²) in [4.78, 5) is 2.46. The van der Waals surface area contributed by atoms with Gasteiger partial charge in [-0.15, -0.1) is 0 Å². The molecule has 1 nitrogen and oxygen atoms in total. The van der Waals surface area contributed by atoms with Crippen LogP contribution in [0.1, 0.15) is 28.7 Å². The highest BCUT2D eigenvalue weighted by atomic mass is 15.2. The number of allylic oxidation sites excluding steroid dienone is 5. The number of rotatable bonds is 4. The average Bonchev–Trinajstić information content (AvgIpc) is 3.62. The van der Waals surface area contributed by atoms with E-state index in [-0.39, 0.29) is 5.41 Å². The zero-order valence-electron chi connectivity index (χ0n) is 24.7. The molecule has 0 amide bonds. The lowest BCUT2D eigenvalue weighted by Crippen LogP contribution is -2.25. The van der Waals surface area contributed by atoms with Crippen LogP contribution in [0.15, 0.2) is 175 Å². The molecule has 45 heavy (non-hydrogen) atoms. The van der Waals surface area contributed by atoms with Crippen molar-refractivity contribution < 1.29 is 0 Å². The summed E-state index contributed by atoms with van der Waals surface area (Å²) in [7, 11) is 0. The quantitative estimate of drug-likeness (QED) is 0.203. The predicted molar refractivity (Wildman–Crippen MR) is 186 cm³/mol. The maximum Gasteiger partial charge on any atom is 0.0704 e. The molecule has 0 aromatic heterocycles. The number of para-hydroxylation sites is 1. The molecule has 0 bridgehead atoms. The smallest absolute Gasteiger partial charge is 0.0704 e. The third-order valence-corrected chi connectivity index (χ3v) is 10.3. The van der Waals surface area contributed by atoms with Crippen molar-refractivity contribution in [1.82, 2.24) is 0 Å². The summed E-state index contributed by atoms with van der Waals surface area (Å²) in [6.45, 7) is 0. The molecule has 10 rings (SSSR count). The van der Waals surface area contributed by atoms with Crippen LogP contribution < -0.4 is 4.90 Å². The van der Waals surface area contributed by atoms with Gasteiger partial charge in [-0.2, -0.15) is 0 Å². The highest BCUT2D eigenvalue weighted by Gasteiger charge is 2.58. The summed E-state index contributed by atoms with van der Waals surface area (Å²) in [5.74, 6) is 0. The van der Waals surface area contributed by atoms with Crippen LogP contribution >= 0.6 is 0 Å². The Morgan fingerprint density at radius 3 is 1.78 bits per heavy atom. The van der Waals surface area contributed by atoms with Gasteiger partial charge in [0.2, 0.25) is 0 Å². The third-order valence-electron chi connectivity index (χ3n) is 10.3. The zero-order valence-corrected chi connectivity index (χ0v) is 24.7. The Balaban J connectivity index is 1.24. The molecular formula is C44H29N. The standard InChI is InChI=1S/C44H29N/c1-3-13-29(14-4-1)30-25-27-32(28-26-30)45(31-15-5-2-6-16-31)40-24-10-9-23-39-41(40)37-21-12-20-36-35-19-11-18-34-33-17-7-8-22-38(33)44(39,42(34)35)43(36)37/h1-22,24-28H,23H2. The van der Waals surface area contributed by atoms with E-state index in [4.69, 9.17) is 0 Å². The fraction of sp³-hybridized carbons (Fsp3) is 0.0455. The molecule has 1 heteroatoms. The minimum absolute atomic E-state index is 0.267. The van der Waals surface area contributed by atoms with E-state index in [1.807, 2.05) is 0 Å². The van der Waals surface area contributed by atoms with Gasteiger partial charge in [-0.3, -0.25) is 0 Å². The van der Waals surface area contributed by atoms with Crippen LogP contribution in [0.5, 0.6) is 0 Å². The number of benzene rings is 6. The Morgan fingerprint density at radius 1 is 0.467 bits per heavy atom. The number of nitrogens with zero attached hydrogens (tertiary/aromatic N) is 1. The van der Waals surface area contributed by atoms with E-state index in [1.54, 1.807) is 0 Å². The molecule has 1 spiro atoms. The summed E-state index contributed by atoms with van der Waals surface area (Å²) < 4.78 is 0. The topological polar surface area (TPSA) is 3.24 Å². The van der Waals surface area contributed by atoms with Crippen molar-refractivity contribution in [2.24, 2.45) is 0 Å². The van der Waals surface area contributed by atoms with Crippen LogP contribution in [-0.2, 0) is 5.41 Å². The van der Waals surface area contributed by atoms with Gasteiger partial charge in [-0.1, -0.05) is 133 Å². The third kappa shape index (κ3) is 3.17. The van der Waals surface area contributed by atoms with Gasteiger partial charge in [-0.05, 0) is 98.0 Å². The van der Waals surface area contributed by atoms with E-state index >= 15 is 0 Å². The molecule has 0 saturated heterocycles. The number of fused-ring (bicyclic) bond motifs is 4. The second-order valence-corrected chi connectivity index (χ2v) is 12.4. The van der Waals surface area contributed by atoms with Crippen LogP contribution in [0.3, 0.4) is 0 Å². The second-order valence-electron chi connectivity index (χ2n) is 12.4. The first-order chi connectivity index (χ1) is 22.4. The van der Waals surface area contributed by atoms with E-state index in [9.17, 15) is 0 Å². The molecule has 4 aliphatic rings. The van der Waals surface area contributed by atoms with Crippen molar-refractivity contribution in [2.45, 2.75) is 11.8 Å². The first-order valence-electron chi connectivity index (χ1n) is 15.8. The van der Waals surface area contributed by atoms with Gasteiger partial charge in [0.15, 0.2) is 0 Å². The molecule has 6 aromatic rings. The first kappa shape index (κ1) is 24.7. The molecule has 210 valence electrons. The molecular weight excluding hydrogens is 542 g/mol. The number of hydrogen-bond acceptors (Lipinski definition) is 1. The van der Waals surface area contributed by atoms with Gasteiger partial charge < -0.3 is 4.90 Å². The van der Waals surface area contributed by atoms with Crippen molar-refractivity contribution in [2.75, 3.05) is 4.90 Å². The molecule has 4 aliphatic carbocycles. The van der Waals surface area contributed by atoms with E-state index in [1.165, 1.54) is 72.5 Å². The molecule has 0 saturated carbocycles. The van der Waals surface area contributed by atoms with Crippen LogP contribution in [0, 0.1) is 0 Å². The van der Waals surface area contributed by atoms with Gasteiger partial charge in [0.05, 0.1) is 11.1 Å². The highest BCUT2D eigenvalue weighted by Crippen LogP contribution is 2.70. The molecule has 0 aliphatic heterocycles. The lowest BCUT2D eigenvalue weighted by atomic mass is 9.71. The van der Waals surface area contributed by atoms with Crippen LogP contribution in [0.4, 0.5) is 11.4 Å². The number of anilines is 2. The minimum atomic E-state index is -0.267. The highest BCUT2D eigenvalue weighted by molar-refractivity contribution is 6.08. The summed E-state index contributed by atoms with van der Waals surface area (Å²) in [6.07, 6.45) is 7.88. The van der Waals surface area contributed by atoms with Crippen molar-refractivity contribution in [1.29, 1.82) is 0 Å². The normalized spacial score (nSPS) is 17.7. The van der Waals surface area contributed by atoms with Gasteiger partial charge in [-0.25, -0.2) is 0 Å². The Bertz CT molecular complexity index is 2250. The largest absolute Gasteiger partial charge is 0.310 e. The monoisotopic (exact) mass is 571 g/mol.